The number of fused-ring (bicyclic) bond motifs is 1. The van der Waals surface area contributed by atoms with Crippen molar-refractivity contribution >= 4 is 6.08 Å². The van der Waals surface area contributed by atoms with Crippen molar-refractivity contribution in [1.82, 2.24) is 0 Å². The fraction of sp³-hybridized carbons (Fsp3) is 0.143. The minimum Gasteiger partial charge on any atom is -0.0736 e. The van der Waals surface area contributed by atoms with Gasteiger partial charge in [-0.1, -0.05) is 90.6 Å². The molecule has 0 heteroatoms. The molecule has 0 saturated carbocycles. The first-order valence-electron chi connectivity index (χ1n) is 7.61. The molecule has 0 aromatic heterocycles. The number of hydrogen-bond acceptors (Lipinski definition) is 0. The maximum Gasteiger partial charge on any atom is 0.0167 e. The molecule has 2 aromatic rings. The zero-order chi connectivity index (χ0) is 14.1. The van der Waals surface area contributed by atoms with Gasteiger partial charge in [0, 0.05) is 11.8 Å². The smallest absolute Gasteiger partial charge is 0.0167 e. The van der Waals surface area contributed by atoms with E-state index >= 15 is 0 Å². The van der Waals surface area contributed by atoms with Crippen LogP contribution < -0.4 is 0 Å². The number of benzene rings is 2. The lowest BCUT2D eigenvalue weighted by Crippen LogP contribution is -2.12. The molecule has 4 rings (SSSR count). The van der Waals surface area contributed by atoms with Gasteiger partial charge in [0.1, 0.15) is 0 Å². The van der Waals surface area contributed by atoms with Crippen LogP contribution in [0.1, 0.15) is 29.0 Å². The summed E-state index contributed by atoms with van der Waals surface area (Å²) in [6.45, 7) is 0. The topological polar surface area (TPSA) is 0 Å². The average molecular weight is 270 g/mol. The molecule has 1 unspecified atom stereocenters. The van der Waals surface area contributed by atoms with Gasteiger partial charge < -0.3 is 0 Å². The van der Waals surface area contributed by atoms with E-state index < -0.39 is 0 Å². The Balaban J connectivity index is 1.80. The summed E-state index contributed by atoms with van der Waals surface area (Å²) in [5.74, 6) is 0.953. The van der Waals surface area contributed by atoms with Crippen LogP contribution in [0.5, 0.6) is 0 Å². The van der Waals surface area contributed by atoms with Crippen molar-refractivity contribution in [2.75, 3.05) is 0 Å². The van der Waals surface area contributed by atoms with Gasteiger partial charge in [0.2, 0.25) is 0 Å². The quantitative estimate of drug-likeness (QED) is 0.690. The highest BCUT2D eigenvalue weighted by Crippen LogP contribution is 2.41. The van der Waals surface area contributed by atoms with Crippen molar-refractivity contribution in [2.24, 2.45) is 5.92 Å². The molecular formula is C21H18. The lowest BCUT2D eigenvalue weighted by Gasteiger charge is -2.28. The molecule has 0 amide bonds. The predicted octanol–water partition coefficient (Wildman–Crippen LogP) is 5.35. The van der Waals surface area contributed by atoms with Crippen molar-refractivity contribution < 1.29 is 0 Å². The summed E-state index contributed by atoms with van der Waals surface area (Å²) in [5, 5.41) is 0. The lowest BCUT2D eigenvalue weighted by atomic mass is 9.76. The van der Waals surface area contributed by atoms with Crippen LogP contribution in [0.15, 0.2) is 84.5 Å². The normalized spacial score (nSPS) is 20.4. The SMILES string of the molecule is C1=CC(C2=Cc3ccccc3C(c3ccccc3)C2)C=C1. The van der Waals surface area contributed by atoms with Crippen LogP contribution in [0.25, 0.3) is 6.08 Å². The van der Waals surface area contributed by atoms with Crippen LogP contribution in [0.2, 0.25) is 0 Å². The summed E-state index contributed by atoms with van der Waals surface area (Å²) in [5.41, 5.74) is 5.77. The molecule has 0 saturated heterocycles. The minimum atomic E-state index is 0.476. The fourth-order valence-electron chi connectivity index (χ4n) is 3.46. The molecule has 0 heterocycles. The van der Waals surface area contributed by atoms with Crippen LogP contribution >= 0.6 is 0 Å². The Morgan fingerprint density at radius 2 is 1.48 bits per heavy atom. The molecule has 0 nitrogen and oxygen atoms in total. The van der Waals surface area contributed by atoms with Gasteiger partial charge in [-0.25, -0.2) is 0 Å². The maximum absolute atomic E-state index is 2.39. The Labute approximate surface area is 126 Å². The maximum atomic E-state index is 2.39. The van der Waals surface area contributed by atoms with Crippen molar-refractivity contribution in [3.63, 3.8) is 0 Å². The molecule has 1 atom stereocenters. The summed E-state index contributed by atoms with van der Waals surface area (Å²) in [6.07, 6.45) is 12.4. The van der Waals surface area contributed by atoms with E-state index in [0.29, 0.717) is 11.8 Å². The Morgan fingerprint density at radius 3 is 2.29 bits per heavy atom. The monoisotopic (exact) mass is 270 g/mol. The fourth-order valence-corrected chi connectivity index (χ4v) is 3.46. The second-order valence-corrected chi connectivity index (χ2v) is 5.81. The molecule has 0 aliphatic heterocycles. The zero-order valence-corrected chi connectivity index (χ0v) is 11.9. The third kappa shape index (κ3) is 2.27. The van der Waals surface area contributed by atoms with Crippen LogP contribution in [0, 0.1) is 5.92 Å². The molecular weight excluding hydrogens is 252 g/mol. The first-order valence-corrected chi connectivity index (χ1v) is 7.61. The van der Waals surface area contributed by atoms with Crippen LogP contribution in [-0.2, 0) is 0 Å². The Hall–Kier alpha value is -2.34. The van der Waals surface area contributed by atoms with E-state index in [2.05, 4.69) is 85.0 Å². The first kappa shape index (κ1) is 12.4. The number of allylic oxidation sites excluding steroid dienone is 5. The molecule has 21 heavy (non-hydrogen) atoms. The van der Waals surface area contributed by atoms with Crippen LogP contribution in [0.4, 0.5) is 0 Å². The van der Waals surface area contributed by atoms with E-state index in [1.807, 2.05) is 0 Å². The number of hydrogen-bond donors (Lipinski definition) is 0. The summed E-state index contributed by atoms with van der Waals surface area (Å²) in [4.78, 5) is 0. The molecule has 0 radical (unpaired) electrons. The van der Waals surface area contributed by atoms with Crippen molar-refractivity contribution in [3.05, 3.63) is 101 Å². The molecule has 102 valence electrons. The van der Waals surface area contributed by atoms with Crippen molar-refractivity contribution in [1.29, 1.82) is 0 Å². The molecule has 0 spiro atoms. The standard InChI is InChI=1S/C21H18/c1-2-10-17(11-3-1)21-15-19(16-8-4-5-9-16)14-18-12-6-7-13-20(18)21/h1-14,16,21H,15H2. The molecule has 2 aliphatic rings. The van der Waals surface area contributed by atoms with Gasteiger partial charge in [-0.05, 0) is 23.1 Å². The molecule has 2 aromatic carbocycles. The van der Waals surface area contributed by atoms with E-state index in [0.717, 1.165) is 6.42 Å². The molecule has 0 bridgehead atoms. The highest BCUT2D eigenvalue weighted by Gasteiger charge is 2.25. The summed E-state index contributed by atoms with van der Waals surface area (Å²) in [7, 11) is 0. The molecule has 0 N–H and O–H groups in total. The van der Waals surface area contributed by atoms with Gasteiger partial charge in [-0.3, -0.25) is 0 Å². The van der Waals surface area contributed by atoms with Gasteiger partial charge in [0.25, 0.3) is 0 Å². The Morgan fingerprint density at radius 1 is 0.762 bits per heavy atom. The second-order valence-electron chi connectivity index (χ2n) is 5.81. The zero-order valence-electron chi connectivity index (χ0n) is 11.9. The largest absolute Gasteiger partial charge is 0.0736 e. The highest BCUT2D eigenvalue weighted by atomic mass is 14.3. The van der Waals surface area contributed by atoms with Gasteiger partial charge in [0.05, 0.1) is 0 Å². The molecule has 2 aliphatic carbocycles. The van der Waals surface area contributed by atoms with E-state index in [4.69, 9.17) is 0 Å². The Bertz CT molecular complexity index is 720. The van der Waals surface area contributed by atoms with Crippen molar-refractivity contribution in [2.45, 2.75) is 12.3 Å². The van der Waals surface area contributed by atoms with Gasteiger partial charge in [-0.15, -0.1) is 0 Å². The van der Waals surface area contributed by atoms with E-state index in [-0.39, 0.29) is 0 Å². The van der Waals surface area contributed by atoms with E-state index in [9.17, 15) is 0 Å². The lowest BCUT2D eigenvalue weighted by molar-refractivity contribution is 0.737. The predicted molar refractivity (Wildman–Crippen MR) is 89.1 cm³/mol. The minimum absolute atomic E-state index is 0.476. The molecule has 0 fully saturated rings. The van der Waals surface area contributed by atoms with Gasteiger partial charge in [0.15, 0.2) is 0 Å². The van der Waals surface area contributed by atoms with Crippen LogP contribution in [-0.4, -0.2) is 0 Å². The Kier molecular flexibility index (Phi) is 3.08. The van der Waals surface area contributed by atoms with E-state index in [1.165, 1.54) is 22.3 Å². The highest BCUT2D eigenvalue weighted by molar-refractivity contribution is 5.64. The average Bonchev–Trinajstić information content (AvgIpc) is 3.09. The third-order valence-electron chi connectivity index (χ3n) is 4.53. The summed E-state index contributed by atoms with van der Waals surface area (Å²) in [6, 6.07) is 19.7. The van der Waals surface area contributed by atoms with Crippen molar-refractivity contribution in [3.8, 4) is 0 Å². The van der Waals surface area contributed by atoms with E-state index in [1.54, 1.807) is 0 Å². The first-order chi connectivity index (χ1) is 10.4. The van der Waals surface area contributed by atoms with Gasteiger partial charge in [-0.2, -0.15) is 0 Å². The summed E-state index contributed by atoms with van der Waals surface area (Å²) >= 11 is 0. The number of rotatable bonds is 2. The third-order valence-corrected chi connectivity index (χ3v) is 4.53. The van der Waals surface area contributed by atoms with Gasteiger partial charge >= 0.3 is 0 Å². The van der Waals surface area contributed by atoms with Crippen LogP contribution in [0.3, 0.4) is 0 Å². The second kappa shape index (κ2) is 5.21. The summed E-state index contributed by atoms with van der Waals surface area (Å²) < 4.78 is 0.